The van der Waals surface area contributed by atoms with Gasteiger partial charge in [0, 0.05) is 36.2 Å². The Bertz CT molecular complexity index is 1190. The van der Waals surface area contributed by atoms with Crippen LogP contribution in [0, 0.1) is 5.92 Å². The summed E-state index contributed by atoms with van der Waals surface area (Å²) in [5.74, 6) is -0.483. The summed E-state index contributed by atoms with van der Waals surface area (Å²) < 4.78 is 28.1. The Labute approximate surface area is 187 Å². The van der Waals surface area contributed by atoms with Crippen molar-refractivity contribution in [3.63, 3.8) is 0 Å². The molecule has 31 heavy (non-hydrogen) atoms. The van der Waals surface area contributed by atoms with Gasteiger partial charge in [0.2, 0.25) is 15.9 Å². The number of rotatable bonds is 6. The number of fused-ring (bicyclic) bond motifs is 1. The van der Waals surface area contributed by atoms with E-state index in [2.05, 4.69) is 10.3 Å². The van der Waals surface area contributed by atoms with Crippen LogP contribution in [0.1, 0.15) is 18.4 Å². The van der Waals surface area contributed by atoms with E-state index in [1.165, 1.54) is 4.31 Å². The third kappa shape index (κ3) is 4.89. The van der Waals surface area contributed by atoms with Crippen LogP contribution in [0.15, 0.2) is 65.7 Å². The number of aromatic nitrogens is 1. The third-order valence-electron chi connectivity index (χ3n) is 5.57. The fourth-order valence-corrected chi connectivity index (χ4v) is 5.87. The highest BCUT2D eigenvalue weighted by molar-refractivity contribution is 7.89. The highest BCUT2D eigenvalue weighted by Crippen LogP contribution is 2.28. The Kier molecular flexibility index (Phi) is 6.55. The van der Waals surface area contributed by atoms with Gasteiger partial charge in [-0.05, 0) is 49.1 Å². The monoisotopic (exact) mass is 457 g/mol. The minimum absolute atomic E-state index is 0.113. The van der Waals surface area contributed by atoms with Gasteiger partial charge in [-0.3, -0.25) is 9.78 Å². The lowest BCUT2D eigenvalue weighted by Gasteiger charge is -2.31. The minimum atomic E-state index is -3.75. The second-order valence-corrected chi connectivity index (χ2v) is 10.0. The number of nitrogens with one attached hydrogen (secondary N) is 1. The average molecular weight is 458 g/mol. The largest absolute Gasteiger partial charge is 0.355 e. The van der Waals surface area contributed by atoms with Crippen molar-refractivity contribution in [1.29, 1.82) is 0 Å². The number of piperidine rings is 1. The summed E-state index contributed by atoms with van der Waals surface area (Å²) in [5, 5.41) is 4.39. The van der Waals surface area contributed by atoms with Crippen LogP contribution in [0.3, 0.4) is 0 Å². The van der Waals surface area contributed by atoms with E-state index in [0.717, 1.165) is 10.9 Å². The van der Waals surface area contributed by atoms with Crippen LogP contribution in [0.2, 0.25) is 5.02 Å². The van der Waals surface area contributed by atoms with E-state index in [0.29, 0.717) is 42.9 Å². The van der Waals surface area contributed by atoms with Crippen LogP contribution in [0.25, 0.3) is 10.9 Å². The molecule has 2 aromatic carbocycles. The molecular weight excluding hydrogens is 434 g/mol. The van der Waals surface area contributed by atoms with Gasteiger partial charge in [0.25, 0.3) is 0 Å². The number of nitrogens with zero attached hydrogens (tertiary/aromatic N) is 2. The highest BCUT2D eigenvalue weighted by atomic mass is 35.5. The molecule has 2 heterocycles. The lowest BCUT2D eigenvalue weighted by atomic mass is 9.99. The summed E-state index contributed by atoms with van der Waals surface area (Å²) in [5.41, 5.74) is 1.50. The van der Waals surface area contributed by atoms with Gasteiger partial charge in [-0.2, -0.15) is 4.31 Å². The van der Waals surface area contributed by atoms with Gasteiger partial charge in [-0.1, -0.05) is 41.9 Å². The smallest absolute Gasteiger partial charge is 0.245 e. The molecule has 8 heteroatoms. The van der Waals surface area contributed by atoms with Crippen LogP contribution in [-0.2, 0) is 21.2 Å². The SMILES string of the molecule is O=C(NCCc1cccc(Cl)c1)C1CCCN(S(=O)(=O)c2cccc3cccnc23)C1. The van der Waals surface area contributed by atoms with E-state index in [1.54, 1.807) is 24.4 Å². The van der Waals surface area contributed by atoms with Crippen molar-refractivity contribution in [1.82, 2.24) is 14.6 Å². The van der Waals surface area contributed by atoms with Gasteiger partial charge >= 0.3 is 0 Å². The molecule has 3 aromatic rings. The van der Waals surface area contributed by atoms with E-state index in [9.17, 15) is 13.2 Å². The Balaban J connectivity index is 1.43. The number of carbonyl (C=O) groups is 1. The van der Waals surface area contributed by atoms with Crippen molar-refractivity contribution in [2.45, 2.75) is 24.2 Å². The molecule has 162 valence electrons. The molecule has 0 saturated carbocycles. The third-order valence-corrected chi connectivity index (χ3v) is 7.70. The van der Waals surface area contributed by atoms with E-state index in [1.807, 2.05) is 36.4 Å². The molecule has 4 rings (SSSR count). The second kappa shape index (κ2) is 9.34. The molecule has 1 saturated heterocycles. The Hall–Kier alpha value is -2.48. The van der Waals surface area contributed by atoms with E-state index < -0.39 is 10.0 Å². The maximum atomic E-state index is 13.3. The molecule has 1 atom stereocenters. The van der Waals surface area contributed by atoms with Crippen molar-refractivity contribution < 1.29 is 13.2 Å². The summed E-state index contributed by atoms with van der Waals surface area (Å²) in [7, 11) is -3.75. The van der Waals surface area contributed by atoms with Crippen LogP contribution < -0.4 is 5.32 Å². The van der Waals surface area contributed by atoms with Crippen molar-refractivity contribution in [2.75, 3.05) is 19.6 Å². The van der Waals surface area contributed by atoms with Gasteiger partial charge in [-0.25, -0.2) is 8.42 Å². The molecule has 1 aliphatic heterocycles. The van der Waals surface area contributed by atoms with Crippen LogP contribution >= 0.6 is 11.6 Å². The maximum absolute atomic E-state index is 13.3. The standard InChI is InChI=1S/C23H24ClN3O3S/c24-20-9-1-5-17(15-20)11-13-26-23(28)19-8-4-14-27(16-19)31(29,30)21-10-2-6-18-7-3-12-25-22(18)21/h1-3,5-7,9-10,12,15,19H,4,8,11,13-14,16H2,(H,26,28). The van der Waals surface area contributed by atoms with Crippen molar-refractivity contribution >= 4 is 38.4 Å². The molecule has 0 spiro atoms. The normalized spacial score (nSPS) is 17.5. The zero-order chi connectivity index (χ0) is 21.8. The number of hydrogen-bond donors (Lipinski definition) is 1. The van der Waals surface area contributed by atoms with Gasteiger partial charge < -0.3 is 5.32 Å². The summed E-state index contributed by atoms with van der Waals surface area (Å²) in [6.07, 6.45) is 3.57. The fraction of sp³-hybridized carbons (Fsp3) is 0.304. The lowest BCUT2D eigenvalue weighted by Crippen LogP contribution is -2.45. The van der Waals surface area contributed by atoms with Crippen LogP contribution in [0.5, 0.6) is 0 Å². The molecule has 0 aliphatic carbocycles. The minimum Gasteiger partial charge on any atom is -0.355 e. The molecule has 1 aliphatic rings. The quantitative estimate of drug-likeness (QED) is 0.612. The Morgan fingerprint density at radius 2 is 1.97 bits per heavy atom. The zero-order valence-corrected chi connectivity index (χ0v) is 18.6. The molecule has 1 aromatic heterocycles. The second-order valence-electron chi connectivity index (χ2n) is 7.70. The summed E-state index contributed by atoms with van der Waals surface area (Å²) in [4.78, 5) is 17.2. The van der Waals surface area contributed by atoms with Crippen LogP contribution in [-0.4, -0.2) is 43.2 Å². The zero-order valence-electron chi connectivity index (χ0n) is 17.0. The maximum Gasteiger partial charge on any atom is 0.245 e. The Morgan fingerprint density at radius 1 is 1.16 bits per heavy atom. The van der Waals surface area contributed by atoms with E-state index >= 15 is 0 Å². The summed E-state index contributed by atoms with van der Waals surface area (Å²) >= 11 is 6.00. The number of benzene rings is 2. The Morgan fingerprint density at radius 3 is 2.81 bits per heavy atom. The highest BCUT2D eigenvalue weighted by Gasteiger charge is 2.34. The predicted molar refractivity (Wildman–Crippen MR) is 121 cm³/mol. The summed E-state index contributed by atoms with van der Waals surface area (Å²) in [6, 6.07) is 16.3. The molecule has 1 unspecified atom stereocenters. The number of pyridine rings is 1. The van der Waals surface area contributed by atoms with E-state index in [-0.39, 0.29) is 23.3 Å². The summed E-state index contributed by atoms with van der Waals surface area (Å²) in [6.45, 7) is 1.06. The van der Waals surface area contributed by atoms with Crippen LogP contribution in [0.4, 0.5) is 0 Å². The van der Waals surface area contributed by atoms with E-state index in [4.69, 9.17) is 11.6 Å². The molecule has 6 nitrogen and oxygen atoms in total. The fourth-order valence-electron chi connectivity index (χ4n) is 3.97. The number of para-hydroxylation sites is 1. The number of hydrogen-bond acceptors (Lipinski definition) is 4. The van der Waals surface area contributed by atoms with Crippen molar-refractivity contribution in [2.24, 2.45) is 5.92 Å². The first-order valence-corrected chi connectivity index (χ1v) is 12.1. The van der Waals surface area contributed by atoms with Gasteiger partial charge in [0.15, 0.2) is 0 Å². The topological polar surface area (TPSA) is 79.4 Å². The predicted octanol–water partition coefficient (Wildman–Crippen LogP) is 3.65. The number of halogens is 1. The van der Waals surface area contributed by atoms with Crippen molar-refractivity contribution in [3.05, 3.63) is 71.4 Å². The number of amides is 1. The molecule has 1 amide bonds. The van der Waals surface area contributed by atoms with Crippen molar-refractivity contribution in [3.8, 4) is 0 Å². The first-order valence-electron chi connectivity index (χ1n) is 10.3. The molecule has 1 N–H and O–H groups in total. The first-order chi connectivity index (χ1) is 14.9. The molecular formula is C23H24ClN3O3S. The molecule has 1 fully saturated rings. The number of carbonyl (C=O) groups excluding carboxylic acids is 1. The first kappa shape index (κ1) is 21.7. The van der Waals surface area contributed by atoms with Gasteiger partial charge in [0.05, 0.1) is 11.4 Å². The number of sulfonamides is 1. The molecule has 0 radical (unpaired) electrons. The molecule has 0 bridgehead atoms. The van der Waals surface area contributed by atoms with Gasteiger partial charge in [0.1, 0.15) is 4.90 Å². The van der Waals surface area contributed by atoms with Gasteiger partial charge in [-0.15, -0.1) is 0 Å². The lowest BCUT2D eigenvalue weighted by molar-refractivity contribution is -0.126. The average Bonchev–Trinajstić information content (AvgIpc) is 2.79.